The Balaban J connectivity index is 0.00000208. The molecule has 1 radical (unpaired) electrons. The van der Waals surface area contributed by atoms with E-state index in [1.165, 1.54) is 6.08 Å². The molecule has 0 aromatic heterocycles. The van der Waals surface area contributed by atoms with Gasteiger partial charge in [0.05, 0.1) is 5.69 Å². The molecular formula is C17H11ClCuN2O3. The van der Waals surface area contributed by atoms with Crippen molar-refractivity contribution in [3.8, 4) is 0 Å². The van der Waals surface area contributed by atoms with Crippen LogP contribution in [0.1, 0.15) is 11.1 Å². The predicted octanol–water partition coefficient (Wildman–Crippen LogP) is 3.20. The van der Waals surface area contributed by atoms with Crippen LogP contribution >= 0.6 is 11.6 Å². The zero-order chi connectivity index (χ0) is 16.4. The number of carbonyl (C=O) groups is 2. The van der Waals surface area contributed by atoms with Crippen molar-refractivity contribution >= 4 is 40.8 Å². The zero-order valence-corrected chi connectivity index (χ0v) is 13.8. The van der Waals surface area contributed by atoms with E-state index < -0.39 is 11.8 Å². The van der Waals surface area contributed by atoms with Crippen LogP contribution in [0.3, 0.4) is 0 Å². The van der Waals surface area contributed by atoms with Crippen molar-refractivity contribution in [2.75, 3.05) is 5.43 Å². The molecule has 5 nitrogen and oxygen atoms in total. The van der Waals surface area contributed by atoms with Crippen LogP contribution in [-0.4, -0.2) is 22.6 Å². The summed E-state index contributed by atoms with van der Waals surface area (Å²) in [6, 6.07) is 13.8. The Morgan fingerprint density at radius 1 is 1.08 bits per heavy atom. The van der Waals surface area contributed by atoms with E-state index in [4.69, 9.17) is 11.6 Å². The zero-order valence-electron chi connectivity index (χ0n) is 12.1. The smallest absolute Gasteiger partial charge is 0.339 e. The second kappa shape index (κ2) is 7.45. The van der Waals surface area contributed by atoms with Crippen molar-refractivity contribution in [1.82, 2.24) is 0 Å². The number of carboxylic acids is 1. The molecule has 0 fully saturated rings. The maximum Gasteiger partial charge on any atom is 0.339 e. The first-order chi connectivity index (χ1) is 11.1. The molecule has 0 bridgehead atoms. The summed E-state index contributed by atoms with van der Waals surface area (Å²) in [6.45, 7) is 0. The largest absolute Gasteiger partial charge is 0.478 e. The van der Waals surface area contributed by atoms with Crippen LogP contribution in [0.25, 0.3) is 6.08 Å². The van der Waals surface area contributed by atoms with Crippen molar-refractivity contribution < 1.29 is 31.8 Å². The molecule has 125 valence electrons. The second-order valence-electron chi connectivity index (χ2n) is 4.86. The van der Waals surface area contributed by atoms with Crippen molar-refractivity contribution in [3.63, 3.8) is 0 Å². The quantitative estimate of drug-likeness (QED) is 0.479. The molecule has 7 heteroatoms. The normalized spacial score (nSPS) is 14.5. The van der Waals surface area contributed by atoms with E-state index in [0.29, 0.717) is 21.8 Å². The minimum absolute atomic E-state index is 0. The molecule has 3 rings (SSSR count). The summed E-state index contributed by atoms with van der Waals surface area (Å²) in [4.78, 5) is 23.6. The first kappa shape index (κ1) is 17.9. The molecule has 2 aromatic rings. The number of rotatable bonds is 3. The van der Waals surface area contributed by atoms with Gasteiger partial charge in [-0.25, -0.2) is 4.79 Å². The van der Waals surface area contributed by atoms with Gasteiger partial charge >= 0.3 is 5.97 Å². The molecule has 0 saturated carbocycles. The molecule has 24 heavy (non-hydrogen) atoms. The van der Waals surface area contributed by atoms with E-state index in [-0.39, 0.29) is 28.4 Å². The predicted molar refractivity (Wildman–Crippen MR) is 88.7 cm³/mol. The molecular weight excluding hydrogens is 379 g/mol. The van der Waals surface area contributed by atoms with E-state index in [1.54, 1.807) is 48.5 Å². The molecule has 2 N–H and O–H groups in total. The molecule has 0 spiro atoms. The molecule has 0 aliphatic heterocycles. The SMILES string of the molecule is O=C(O)C1=Cc2ccccc2/C(=N\Nc2ccc(Cl)cc2)C1=O.[Cu]. The Kier molecular flexibility index (Phi) is 5.57. The molecule has 0 unspecified atom stereocenters. The Hall–Kier alpha value is -2.40. The first-order valence-corrected chi connectivity index (χ1v) is 7.12. The number of benzene rings is 2. The first-order valence-electron chi connectivity index (χ1n) is 6.74. The van der Waals surface area contributed by atoms with Gasteiger partial charge in [0, 0.05) is 27.7 Å². The molecule has 1 aliphatic rings. The van der Waals surface area contributed by atoms with Crippen LogP contribution in [0.4, 0.5) is 5.69 Å². The van der Waals surface area contributed by atoms with E-state index in [2.05, 4.69) is 10.5 Å². The molecule has 0 saturated heterocycles. The van der Waals surface area contributed by atoms with Crippen molar-refractivity contribution in [1.29, 1.82) is 0 Å². The van der Waals surface area contributed by atoms with Crippen LogP contribution < -0.4 is 5.43 Å². The van der Waals surface area contributed by atoms with Crippen LogP contribution in [0.2, 0.25) is 5.02 Å². The number of aliphatic carboxylic acids is 1. The van der Waals surface area contributed by atoms with Crippen molar-refractivity contribution in [2.24, 2.45) is 5.10 Å². The van der Waals surface area contributed by atoms with Crippen molar-refractivity contribution in [2.45, 2.75) is 0 Å². The molecule has 2 aromatic carbocycles. The Labute approximate surface area is 153 Å². The van der Waals surface area contributed by atoms with E-state index in [1.807, 2.05) is 0 Å². The van der Waals surface area contributed by atoms with Crippen LogP contribution in [0.15, 0.2) is 59.2 Å². The Bertz CT molecular complexity index is 860. The topological polar surface area (TPSA) is 78.8 Å². The van der Waals surface area contributed by atoms with Gasteiger partial charge < -0.3 is 5.11 Å². The monoisotopic (exact) mass is 389 g/mol. The van der Waals surface area contributed by atoms with Gasteiger partial charge in [0.1, 0.15) is 11.3 Å². The van der Waals surface area contributed by atoms with Gasteiger partial charge in [0.2, 0.25) is 5.78 Å². The van der Waals surface area contributed by atoms with Crippen LogP contribution in [-0.2, 0) is 26.7 Å². The summed E-state index contributed by atoms with van der Waals surface area (Å²) < 4.78 is 0. The average Bonchev–Trinajstić information content (AvgIpc) is 2.55. The van der Waals surface area contributed by atoms with Crippen molar-refractivity contribution in [3.05, 3.63) is 70.3 Å². The van der Waals surface area contributed by atoms with Gasteiger partial charge in [0.25, 0.3) is 0 Å². The summed E-state index contributed by atoms with van der Waals surface area (Å²) in [6.07, 6.45) is 1.36. The van der Waals surface area contributed by atoms with Crippen LogP contribution in [0.5, 0.6) is 0 Å². The van der Waals surface area contributed by atoms with E-state index in [9.17, 15) is 14.7 Å². The van der Waals surface area contributed by atoms with Crippen LogP contribution in [0, 0.1) is 0 Å². The number of ketones is 1. The molecule has 0 heterocycles. The van der Waals surface area contributed by atoms with Gasteiger partial charge in [-0.05, 0) is 35.9 Å². The number of nitrogens with zero attached hydrogens (tertiary/aromatic N) is 1. The third-order valence-corrected chi connectivity index (χ3v) is 3.60. The number of hydrogen-bond donors (Lipinski definition) is 2. The second-order valence-corrected chi connectivity index (χ2v) is 5.30. The van der Waals surface area contributed by atoms with Gasteiger partial charge in [0.15, 0.2) is 0 Å². The number of anilines is 1. The number of fused-ring (bicyclic) bond motifs is 1. The summed E-state index contributed by atoms with van der Waals surface area (Å²) in [5.74, 6) is -1.90. The van der Waals surface area contributed by atoms with Gasteiger partial charge in [-0.2, -0.15) is 5.10 Å². The molecule has 0 atom stereocenters. The molecule has 0 amide bonds. The van der Waals surface area contributed by atoms with Gasteiger partial charge in [-0.3, -0.25) is 10.2 Å². The maximum atomic E-state index is 12.4. The fourth-order valence-electron chi connectivity index (χ4n) is 2.22. The van der Waals surface area contributed by atoms with E-state index in [0.717, 1.165) is 0 Å². The summed E-state index contributed by atoms with van der Waals surface area (Å²) in [7, 11) is 0. The standard InChI is InChI=1S/C17H11ClN2O3.Cu/c18-11-5-7-12(8-6-11)19-20-15-13-4-2-1-3-10(13)9-14(16(15)21)17(22)23;/h1-9,19H,(H,22,23);/b20-15+;. The number of hydrazone groups is 1. The summed E-state index contributed by atoms with van der Waals surface area (Å²) in [5.41, 5.74) is 4.39. The Morgan fingerprint density at radius 2 is 1.75 bits per heavy atom. The third kappa shape index (κ3) is 3.57. The average molecular weight is 390 g/mol. The minimum atomic E-state index is -1.27. The third-order valence-electron chi connectivity index (χ3n) is 3.35. The number of halogens is 1. The minimum Gasteiger partial charge on any atom is -0.478 e. The number of carboxylic acid groups (broad SMARTS) is 1. The van der Waals surface area contributed by atoms with Gasteiger partial charge in [-0.1, -0.05) is 35.9 Å². The number of Topliss-reactive ketones (excluding diaryl/α,β-unsaturated/α-hetero) is 1. The fraction of sp³-hybridized carbons (Fsp3) is 0. The number of carbonyl (C=O) groups excluding carboxylic acids is 1. The van der Waals surface area contributed by atoms with Gasteiger partial charge in [-0.15, -0.1) is 0 Å². The molecule has 1 aliphatic carbocycles. The fourth-order valence-corrected chi connectivity index (χ4v) is 2.35. The van der Waals surface area contributed by atoms with E-state index >= 15 is 0 Å². The maximum absolute atomic E-state index is 12.4. The number of hydrogen-bond acceptors (Lipinski definition) is 4. The summed E-state index contributed by atoms with van der Waals surface area (Å²) >= 11 is 5.81. The summed E-state index contributed by atoms with van der Waals surface area (Å²) in [5, 5.41) is 13.9. The number of nitrogens with one attached hydrogen (secondary N) is 1. The Morgan fingerprint density at radius 3 is 2.42 bits per heavy atom.